The van der Waals surface area contributed by atoms with Gasteiger partial charge in [0.1, 0.15) is 5.75 Å². The van der Waals surface area contributed by atoms with Crippen LogP contribution in [-0.4, -0.2) is 15.3 Å². The van der Waals surface area contributed by atoms with Gasteiger partial charge in [-0.1, -0.05) is 35.9 Å². The maximum Gasteiger partial charge on any atom is 0.116 e. The highest BCUT2D eigenvalue weighted by atomic mass is 35.5. The molecule has 4 heteroatoms. The predicted octanol–water partition coefficient (Wildman–Crippen LogP) is 4.10. The number of halogens is 1. The quantitative estimate of drug-likeness (QED) is 0.736. The molecule has 0 saturated heterocycles. The van der Waals surface area contributed by atoms with Crippen LogP contribution in [0, 0.1) is 0 Å². The lowest BCUT2D eigenvalue weighted by Crippen LogP contribution is -1.77. The number of aromatic hydroxyl groups is 1. The van der Waals surface area contributed by atoms with Crippen molar-refractivity contribution in [2.24, 2.45) is 0 Å². The summed E-state index contributed by atoms with van der Waals surface area (Å²) in [7, 11) is 0. The number of hydrogen-bond acceptors (Lipinski definition) is 2. The van der Waals surface area contributed by atoms with E-state index in [0.29, 0.717) is 5.02 Å². The lowest BCUT2D eigenvalue weighted by atomic mass is 10.1. The highest BCUT2D eigenvalue weighted by molar-refractivity contribution is 6.30. The molecule has 94 valence electrons. The summed E-state index contributed by atoms with van der Waals surface area (Å²) >= 11 is 5.97. The summed E-state index contributed by atoms with van der Waals surface area (Å²) in [5.74, 6) is 0.227. The molecule has 0 aliphatic carbocycles. The van der Waals surface area contributed by atoms with Crippen molar-refractivity contribution in [3.05, 3.63) is 59.6 Å². The average molecular weight is 271 g/mol. The molecule has 0 spiro atoms. The molecule has 1 heterocycles. The number of aromatic amines is 1. The van der Waals surface area contributed by atoms with Crippen molar-refractivity contribution in [1.29, 1.82) is 0 Å². The number of H-pyrrole nitrogens is 1. The van der Waals surface area contributed by atoms with E-state index in [9.17, 15) is 5.11 Å². The first-order valence-corrected chi connectivity index (χ1v) is 6.21. The summed E-state index contributed by atoms with van der Waals surface area (Å²) in [6.07, 6.45) is 0. The third-order valence-corrected chi connectivity index (χ3v) is 3.09. The van der Waals surface area contributed by atoms with Gasteiger partial charge in [0.05, 0.1) is 11.4 Å². The zero-order valence-corrected chi connectivity index (χ0v) is 10.7. The molecule has 0 atom stereocenters. The molecule has 0 aliphatic heterocycles. The highest BCUT2D eigenvalue weighted by Crippen LogP contribution is 2.26. The first-order chi connectivity index (χ1) is 9.22. The van der Waals surface area contributed by atoms with Crippen LogP contribution in [-0.2, 0) is 0 Å². The van der Waals surface area contributed by atoms with Crippen LogP contribution in [0.15, 0.2) is 54.6 Å². The molecule has 3 rings (SSSR count). The number of nitrogens with one attached hydrogen (secondary N) is 1. The van der Waals surface area contributed by atoms with Gasteiger partial charge < -0.3 is 5.11 Å². The van der Waals surface area contributed by atoms with Gasteiger partial charge in [0.15, 0.2) is 0 Å². The van der Waals surface area contributed by atoms with Gasteiger partial charge >= 0.3 is 0 Å². The van der Waals surface area contributed by atoms with E-state index in [0.717, 1.165) is 22.5 Å². The summed E-state index contributed by atoms with van der Waals surface area (Å²) < 4.78 is 0. The second-order valence-electron chi connectivity index (χ2n) is 4.23. The molecule has 0 fully saturated rings. The van der Waals surface area contributed by atoms with Gasteiger partial charge in [-0.05, 0) is 30.3 Å². The maximum absolute atomic E-state index is 9.48. The fourth-order valence-electron chi connectivity index (χ4n) is 1.94. The molecular formula is C15H11ClN2O. The normalized spacial score (nSPS) is 10.6. The maximum atomic E-state index is 9.48. The van der Waals surface area contributed by atoms with Gasteiger partial charge in [-0.15, -0.1) is 0 Å². The number of phenolic OH excluding ortho intramolecular Hbond substituents is 1. The first kappa shape index (κ1) is 11.8. The third kappa shape index (κ3) is 2.46. The van der Waals surface area contributed by atoms with Gasteiger partial charge in [0, 0.05) is 16.1 Å². The van der Waals surface area contributed by atoms with Crippen molar-refractivity contribution in [3.63, 3.8) is 0 Å². The number of nitrogens with zero attached hydrogens (tertiary/aromatic N) is 1. The predicted molar refractivity (Wildman–Crippen MR) is 76.1 cm³/mol. The Morgan fingerprint density at radius 3 is 2.53 bits per heavy atom. The van der Waals surface area contributed by atoms with E-state index in [2.05, 4.69) is 10.2 Å². The monoisotopic (exact) mass is 270 g/mol. The topological polar surface area (TPSA) is 48.9 Å². The van der Waals surface area contributed by atoms with Crippen molar-refractivity contribution in [2.45, 2.75) is 0 Å². The molecule has 3 aromatic rings. The Balaban J connectivity index is 2.00. The third-order valence-electron chi connectivity index (χ3n) is 2.86. The van der Waals surface area contributed by atoms with Gasteiger partial charge in [-0.25, -0.2) is 0 Å². The minimum absolute atomic E-state index is 0.227. The highest BCUT2D eigenvalue weighted by Gasteiger charge is 2.06. The number of hydrogen-bond donors (Lipinski definition) is 2. The molecule has 0 unspecified atom stereocenters. The summed E-state index contributed by atoms with van der Waals surface area (Å²) in [5, 5.41) is 17.4. The fourth-order valence-corrected chi connectivity index (χ4v) is 2.13. The van der Waals surface area contributed by atoms with Crippen LogP contribution in [0.3, 0.4) is 0 Å². The molecule has 1 aromatic heterocycles. The van der Waals surface area contributed by atoms with Gasteiger partial charge in [0.25, 0.3) is 0 Å². The summed E-state index contributed by atoms with van der Waals surface area (Å²) in [6.45, 7) is 0. The minimum atomic E-state index is 0.227. The van der Waals surface area contributed by atoms with Crippen LogP contribution in [0.5, 0.6) is 5.75 Å². The number of aromatic nitrogens is 2. The first-order valence-electron chi connectivity index (χ1n) is 5.83. The molecular weight excluding hydrogens is 260 g/mol. The zero-order valence-electron chi connectivity index (χ0n) is 9.97. The van der Waals surface area contributed by atoms with Crippen LogP contribution >= 0.6 is 11.6 Å². The van der Waals surface area contributed by atoms with Crippen molar-refractivity contribution < 1.29 is 5.11 Å². The molecule has 0 radical (unpaired) electrons. The van der Waals surface area contributed by atoms with Crippen LogP contribution in [0.2, 0.25) is 5.02 Å². The van der Waals surface area contributed by atoms with E-state index in [1.807, 2.05) is 36.4 Å². The van der Waals surface area contributed by atoms with Crippen LogP contribution in [0.25, 0.3) is 22.5 Å². The Labute approximate surface area is 115 Å². The Morgan fingerprint density at radius 2 is 1.74 bits per heavy atom. The summed E-state index contributed by atoms with van der Waals surface area (Å²) in [6, 6.07) is 16.5. The van der Waals surface area contributed by atoms with Crippen molar-refractivity contribution >= 4 is 11.6 Å². The second-order valence-corrected chi connectivity index (χ2v) is 4.66. The smallest absolute Gasteiger partial charge is 0.116 e. The van der Waals surface area contributed by atoms with E-state index in [-0.39, 0.29) is 5.75 Å². The van der Waals surface area contributed by atoms with Gasteiger partial charge in [-0.3, -0.25) is 5.10 Å². The summed E-state index contributed by atoms with van der Waals surface area (Å²) in [5.41, 5.74) is 3.52. The largest absolute Gasteiger partial charge is 0.508 e. The average Bonchev–Trinajstić information content (AvgIpc) is 2.88. The van der Waals surface area contributed by atoms with E-state index >= 15 is 0 Å². The molecule has 2 aromatic carbocycles. The Morgan fingerprint density at radius 1 is 0.947 bits per heavy atom. The van der Waals surface area contributed by atoms with Crippen molar-refractivity contribution in [3.8, 4) is 28.3 Å². The Bertz CT molecular complexity index is 661. The Hall–Kier alpha value is -2.26. The fraction of sp³-hybridized carbons (Fsp3) is 0. The lowest BCUT2D eigenvalue weighted by molar-refractivity contribution is 0.475. The van der Waals surface area contributed by atoms with E-state index < -0.39 is 0 Å². The SMILES string of the molecule is Oc1cccc(-c2cc(-c3cccc(Cl)c3)[nH]n2)c1. The molecule has 19 heavy (non-hydrogen) atoms. The van der Waals surface area contributed by atoms with Gasteiger partial charge in [-0.2, -0.15) is 5.10 Å². The molecule has 0 bridgehead atoms. The van der Waals surface area contributed by atoms with E-state index in [1.165, 1.54) is 0 Å². The van der Waals surface area contributed by atoms with Crippen LogP contribution in [0.1, 0.15) is 0 Å². The van der Waals surface area contributed by atoms with Crippen molar-refractivity contribution in [2.75, 3.05) is 0 Å². The number of rotatable bonds is 2. The number of benzene rings is 2. The molecule has 0 aliphatic rings. The second kappa shape index (κ2) is 4.78. The Kier molecular flexibility index (Phi) is 2.97. The van der Waals surface area contributed by atoms with Crippen LogP contribution < -0.4 is 0 Å². The van der Waals surface area contributed by atoms with Crippen LogP contribution in [0.4, 0.5) is 0 Å². The van der Waals surface area contributed by atoms with Crippen molar-refractivity contribution in [1.82, 2.24) is 10.2 Å². The molecule has 3 nitrogen and oxygen atoms in total. The van der Waals surface area contributed by atoms with Gasteiger partial charge in [0.2, 0.25) is 0 Å². The summed E-state index contributed by atoms with van der Waals surface area (Å²) in [4.78, 5) is 0. The molecule has 0 saturated carbocycles. The molecule has 0 amide bonds. The molecule has 2 N–H and O–H groups in total. The number of phenols is 1. The van der Waals surface area contributed by atoms with E-state index in [4.69, 9.17) is 11.6 Å². The van der Waals surface area contributed by atoms with E-state index in [1.54, 1.807) is 18.2 Å². The lowest BCUT2D eigenvalue weighted by Gasteiger charge is -1.97. The minimum Gasteiger partial charge on any atom is -0.508 e. The standard InChI is InChI=1S/C15H11ClN2O/c16-12-5-1-3-10(7-12)14-9-15(18-17-14)11-4-2-6-13(19)8-11/h1-9,19H,(H,17,18). The zero-order chi connectivity index (χ0) is 13.2.